The van der Waals surface area contributed by atoms with Crippen LogP contribution in [0.25, 0.3) is 0 Å². The summed E-state index contributed by atoms with van der Waals surface area (Å²) in [5, 5.41) is 4.01. The van der Waals surface area contributed by atoms with Crippen molar-refractivity contribution in [2.75, 3.05) is 11.9 Å². The molecule has 0 saturated carbocycles. The number of benzene rings is 1. The van der Waals surface area contributed by atoms with Crippen LogP contribution in [0.15, 0.2) is 18.2 Å². The second-order valence-electron chi connectivity index (χ2n) is 4.64. The maximum Gasteiger partial charge on any atom is 0.343 e. The van der Waals surface area contributed by atoms with E-state index in [0.717, 1.165) is 16.3 Å². The van der Waals surface area contributed by atoms with Crippen molar-refractivity contribution in [1.82, 2.24) is 4.37 Å². The average molecular weight is 290 g/mol. The number of esters is 1. The normalized spacial score (nSPS) is 10.4. The van der Waals surface area contributed by atoms with Crippen molar-refractivity contribution in [3.63, 3.8) is 0 Å². The summed E-state index contributed by atoms with van der Waals surface area (Å²) in [6.45, 7) is 8.06. The van der Waals surface area contributed by atoms with Gasteiger partial charge in [-0.1, -0.05) is 17.7 Å². The predicted molar refractivity (Wildman–Crippen MR) is 82.0 cm³/mol. The summed E-state index contributed by atoms with van der Waals surface area (Å²) < 4.78 is 9.32. The summed E-state index contributed by atoms with van der Waals surface area (Å²) in [6, 6.07) is 6.14. The van der Waals surface area contributed by atoms with E-state index in [0.29, 0.717) is 17.9 Å². The lowest BCUT2D eigenvalue weighted by atomic mass is 10.1. The molecular formula is C15H18N2O2S. The SMILES string of the molecule is CCOC(=O)c1c(C)nsc1Nc1ccc(C)cc1C. The highest BCUT2D eigenvalue weighted by molar-refractivity contribution is 7.10. The molecule has 0 saturated heterocycles. The molecule has 4 nitrogen and oxygen atoms in total. The molecule has 0 amide bonds. The molecule has 2 aromatic rings. The summed E-state index contributed by atoms with van der Waals surface area (Å²) in [6.07, 6.45) is 0. The van der Waals surface area contributed by atoms with Gasteiger partial charge in [0.2, 0.25) is 0 Å². The summed E-state index contributed by atoms with van der Waals surface area (Å²) in [5.74, 6) is -0.328. The average Bonchev–Trinajstić information content (AvgIpc) is 2.74. The largest absolute Gasteiger partial charge is 0.462 e. The van der Waals surface area contributed by atoms with Crippen LogP contribution in [0, 0.1) is 20.8 Å². The first-order chi connectivity index (χ1) is 9.52. The quantitative estimate of drug-likeness (QED) is 0.865. The molecule has 5 heteroatoms. The van der Waals surface area contributed by atoms with E-state index in [1.165, 1.54) is 17.1 Å². The molecule has 0 atom stereocenters. The predicted octanol–water partition coefficient (Wildman–Crippen LogP) is 3.99. The van der Waals surface area contributed by atoms with Crippen molar-refractivity contribution in [2.24, 2.45) is 0 Å². The minimum absolute atomic E-state index is 0.328. The van der Waals surface area contributed by atoms with Crippen LogP contribution in [-0.4, -0.2) is 16.9 Å². The fourth-order valence-electron chi connectivity index (χ4n) is 1.97. The van der Waals surface area contributed by atoms with E-state index in [1.54, 1.807) is 6.92 Å². The zero-order valence-electron chi connectivity index (χ0n) is 12.1. The van der Waals surface area contributed by atoms with Gasteiger partial charge in [0.1, 0.15) is 10.6 Å². The Morgan fingerprint density at radius 2 is 2.10 bits per heavy atom. The molecular weight excluding hydrogens is 272 g/mol. The Morgan fingerprint density at radius 3 is 2.75 bits per heavy atom. The number of nitrogens with zero attached hydrogens (tertiary/aromatic N) is 1. The zero-order valence-corrected chi connectivity index (χ0v) is 12.9. The number of aryl methyl sites for hydroxylation is 3. The lowest BCUT2D eigenvalue weighted by Gasteiger charge is -2.10. The van der Waals surface area contributed by atoms with Gasteiger partial charge in [0.05, 0.1) is 12.3 Å². The molecule has 2 rings (SSSR count). The van der Waals surface area contributed by atoms with Crippen LogP contribution in [0.2, 0.25) is 0 Å². The van der Waals surface area contributed by atoms with Crippen LogP contribution in [0.5, 0.6) is 0 Å². The molecule has 1 aromatic carbocycles. The molecule has 0 fully saturated rings. The summed E-state index contributed by atoms with van der Waals surface area (Å²) in [5.41, 5.74) is 4.53. The lowest BCUT2D eigenvalue weighted by Crippen LogP contribution is -2.07. The van der Waals surface area contributed by atoms with Gasteiger partial charge in [-0.25, -0.2) is 4.79 Å². The fourth-order valence-corrected chi connectivity index (χ4v) is 2.77. The van der Waals surface area contributed by atoms with Crippen LogP contribution >= 0.6 is 11.5 Å². The smallest absolute Gasteiger partial charge is 0.343 e. The molecule has 0 unspecified atom stereocenters. The van der Waals surface area contributed by atoms with Crippen molar-refractivity contribution < 1.29 is 9.53 Å². The van der Waals surface area contributed by atoms with E-state index < -0.39 is 0 Å². The molecule has 1 N–H and O–H groups in total. The number of aromatic nitrogens is 1. The van der Waals surface area contributed by atoms with E-state index in [-0.39, 0.29) is 5.97 Å². The van der Waals surface area contributed by atoms with E-state index in [2.05, 4.69) is 22.7 Å². The number of hydrogen-bond donors (Lipinski definition) is 1. The van der Waals surface area contributed by atoms with E-state index in [9.17, 15) is 4.79 Å². The topological polar surface area (TPSA) is 51.2 Å². The highest BCUT2D eigenvalue weighted by Crippen LogP contribution is 2.30. The van der Waals surface area contributed by atoms with E-state index in [4.69, 9.17) is 4.74 Å². The molecule has 0 aliphatic heterocycles. The third-order valence-electron chi connectivity index (χ3n) is 2.97. The van der Waals surface area contributed by atoms with Crippen molar-refractivity contribution in [3.05, 3.63) is 40.6 Å². The van der Waals surface area contributed by atoms with Crippen LogP contribution < -0.4 is 5.32 Å². The highest BCUT2D eigenvalue weighted by atomic mass is 32.1. The molecule has 106 valence electrons. The molecule has 0 aliphatic carbocycles. The third kappa shape index (κ3) is 2.99. The van der Waals surface area contributed by atoms with Gasteiger partial charge in [0.25, 0.3) is 0 Å². The zero-order chi connectivity index (χ0) is 14.7. The summed E-state index contributed by atoms with van der Waals surface area (Å²) in [4.78, 5) is 12.0. The standard InChI is InChI=1S/C15H18N2O2S/c1-5-19-15(18)13-11(4)17-20-14(13)16-12-7-6-9(2)8-10(12)3/h6-8,16H,5H2,1-4H3. The second kappa shape index (κ2) is 6.05. The Morgan fingerprint density at radius 1 is 1.35 bits per heavy atom. The van der Waals surface area contributed by atoms with Crippen molar-refractivity contribution in [3.8, 4) is 0 Å². The highest BCUT2D eigenvalue weighted by Gasteiger charge is 2.20. The Balaban J connectivity index is 2.32. The van der Waals surface area contributed by atoms with Crippen LogP contribution in [-0.2, 0) is 4.74 Å². The van der Waals surface area contributed by atoms with E-state index in [1.807, 2.05) is 26.0 Å². The van der Waals surface area contributed by atoms with Crippen LogP contribution in [0.4, 0.5) is 10.7 Å². The maximum atomic E-state index is 12.0. The number of hydrogen-bond acceptors (Lipinski definition) is 5. The molecule has 0 spiro atoms. The third-order valence-corrected chi connectivity index (χ3v) is 3.83. The minimum atomic E-state index is -0.328. The monoisotopic (exact) mass is 290 g/mol. The van der Waals surface area contributed by atoms with Gasteiger partial charge in [-0.05, 0) is 50.9 Å². The lowest BCUT2D eigenvalue weighted by molar-refractivity contribution is 0.0527. The number of nitrogens with one attached hydrogen (secondary N) is 1. The van der Waals surface area contributed by atoms with Crippen LogP contribution in [0.1, 0.15) is 34.1 Å². The first-order valence-corrected chi connectivity index (χ1v) is 7.28. The molecule has 1 aromatic heterocycles. The minimum Gasteiger partial charge on any atom is -0.462 e. The van der Waals surface area contributed by atoms with Gasteiger partial charge in [-0.3, -0.25) is 0 Å². The Labute approximate surface area is 123 Å². The van der Waals surface area contributed by atoms with Crippen molar-refractivity contribution in [1.29, 1.82) is 0 Å². The maximum absolute atomic E-state index is 12.0. The van der Waals surface area contributed by atoms with Gasteiger partial charge in [-0.15, -0.1) is 0 Å². The van der Waals surface area contributed by atoms with Crippen LogP contribution in [0.3, 0.4) is 0 Å². The second-order valence-corrected chi connectivity index (χ2v) is 5.41. The van der Waals surface area contributed by atoms with Gasteiger partial charge in [-0.2, -0.15) is 4.37 Å². The van der Waals surface area contributed by atoms with Crippen molar-refractivity contribution in [2.45, 2.75) is 27.7 Å². The van der Waals surface area contributed by atoms with Gasteiger partial charge in [0, 0.05) is 5.69 Å². The molecule has 0 bridgehead atoms. The molecule has 0 radical (unpaired) electrons. The van der Waals surface area contributed by atoms with Gasteiger partial charge < -0.3 is 10.1 Å². The van der Waals surface area contributed by atoms with Crippen molar-refractivity contribution >= 4 is 28.2 Å². The Kier molecular flexibility index (Phi) is 4.39. The van der Waals surface area contributed by atoms with Gasteiger partial charge >= 0.3 is 5.97 Å². The van der Waals surface area contributed by atoms with E-state index >= 15 is 0 Å². The number of carbonyl (C=O) groups is 1. The number of carbonyl (C=O) groups excluding carboxylic acids is 1. The van der Waals surface area contributed by atoms with Gasteiger partial charge in [0.15, 0.2) is 0 Å². The number of rotatable bonds is 4. The summed E-state index contributed by atoms with van der Waals surface area (Å²) >= 11 is 1.28. The number of anilines is 2. The first-order valence-electron chi connectivity index (χ1n) is 6.50. The fraction of sp³-hybridized carbons (Fsp3) is 0.333. The molecule has 1 heterocycles. The first kappa shape index (κ1) is 14.5. The molecule has 20 heavy (non-hydrogen) atoms. The Hall–Kier alpha value is -1.88. The Bertz CT molecular complexity index is 635. The summed E-state index contributed by atoms with van der Waals surface area (Å²) in [7, 11) is 0. The number of ether oxygens (including phenoxy) is 1. The molecule has 0 aliphatic rings.